The number of benzene rings is 4. The predicted molar refractivity (Wildman–Crippen MR) is 134 cm³/mol. The minimum Gasteiger partial charge on any atom is -0.281 e. The van der Waals surface area contributed by atoms with Gasteiger partial charge in [0, 0.05) is 24.2 Å². The maximum absolute atomic E-state index is 13.0. The first-order chi connectivity index (χ1) is 16.1. The molecule has 0 saturated carbocycles. The number of anilines is 2. The lowest BCUT2D eigenvalue weighted by atomic mass is 10.0. The van der Waals surface area contributed by atoms with E-state index < -0.39 is 0 Å². The van der Waals surface area contributed by atoms with E-state index in [-0.39, 0.29) is 24.7 Å². The molecule has 33 heavy (non-hydrogen) atoms. The number of rotatable bonds is 7. The highest BCUT2D eigenvalue weighted by Crippen LogP contribution is 2.26. The number of hydrogen-bond donors (Lipinski definition) is 1. The molecule has 0 saturated heterocycles. The number of carbonyl (C=O) groups is 2. The molecule has 4 aromatic rings. The zero-order valence-corrected chi connectivity index (χ0v) is 18.4. The quantitative estimate of drug-likeness (QED) is 0.293. The Bertz CT molecular complexity index is 1240. The third-order valence-electron chi connectivity index (χ3n) is 5.36. The Balaban J connectivity index is 1.40. The number of para-hydroxylation sites is 2. The Hall–Kier alpha value is -4.25. The largest absolute Gasteiger partial charge is 0.281 e. The van der Waals surface area contributed by atoms with Crippen molar-refractivity contribution in [1.82, 2.24) is 5.43 Å². The molecule has 0 aromatic heterocycles. The fourth-order valence-corrected chi connectivity index (χ4v) is 3.60. The SMILES string of the molecule is C/C(=N/NC(=O)CCC(=O)N(c1ccccc1)c1ccccc1)c1ccc2ccccc2c1. The Kier molecular flexibility index (Phi) is 6.90. The van der Waals surface area contributed by atoms with Crippen molar-refractivity contribution in [2.75, 3.05) is 4.90 Å². The topological polar surface area (TPSA) is 61.8 Å². The third kappa shape index (κ3) is 5.52. The van der Waals surface area contributed by atoms with Crippen LogP contribution < -0.4 is 10.3 Å². The van der Waals surface area contributed by atoms with Crippen molar-refractivity contribution < 1.29 is 9.59 Å². The predicted octanol–water partition coefficient (Wildman–Crippen LogP) is 5.83. The Morgan fingerprint density at radius 1 is 0.727 bits per heavy atom. The minimum atomic E-state index is -0.301. The summed E-state index contributed by atoms with van der Waals surface area (Å²) < 4.78 is 0. The molecule has 0 unspecified atom stereocenters. The Labute approximate surface area is 193 Å². The molecule has 1 N–H and O–H groups in total. The van der Waals surface area contributed by atoms with Crippen LogP contribution in [0.2, 0.25) is 0 Å². The average Bonchev–Trinajstić information content (AvgIpc) is 2.87. The van der Waals surface area contributed by atoms with Crippen LogP contribution in [0.25, 0.3) is 10.8 Å². The highest BCUT2D eigenvalue weighted by Gasteiger charge is 2.18. The van der Waals surface area contributed by atoms with Crippen LogP contribution in [0.1, 0.15) is 25.3 Å². The molecule has 5 heteroatoms. The van der Waals surface area contributed by atoms with Crippen LogP contribution in [0.5, 0.6) is 0 Å². The maximum atomic E-state index is 13.0. The van der Waals surface area contributed by atoms with Gasteiger partial charge in [-0.1, -0.05) is 72.8 Å². The van der Waals surface area contributed by atoms with Crippen LogP contribution in [0, 0.1) is 0 Å². The lowest BCUT2D eigenvalue weighted by molar-refractivity contribution is -0.124. The van der Waals surface area contributed by atoms with Gasteiger partial charge < -0.3 is 0 Å². The summed E-state index contributed by atoms with van der Waals surface area (Å²) in [5.41, 5.74) is 5.75. The van der Waals surface area contributed by atoms with Gasteiger partial charge in [0.15, 0.2) is 0 Å². The van der Waals surface area contributed by atoms with Crippen LogP contribution in [0.15, 0.2) is 108 Å². The van der Waals surface area contributed by atoms with Gasteiger partial charge in [0.05, 0.1) is 5.71 Å². The van der Waals surface area contributed by atoms with E-state index in [2.05, 4.69) is 16.6 Å². The molecular formula is C28H25N3O2. The average molecular weight is 436 g/mol. The zero-order chi connectivity index (χ0) is 23.0. The first kappa shape index (κ1) is 22.0. The number of hydrazone groups is 1. The first-order valence-corrected chi connectivity index (χ1v) is 10.9. The minimum absolute atomic E-state index is 0.0451. The van der Waals surface area contributed by atoms with Gasteiger partial charge in [-0.15, -0.1) is 0 Å². The number of nitrogens with zero attached hydrogens (tertiary/aromatic N) is 2. The molecule has 0 radical (unpaired) electrons. The second-order valence-electron chi connectivity index (χ2n) is 7.69. The van der Waals surface area contributed by atoms with Crippen molar-refractivity contribution >= 4 is 39.7 Å². The molecule has 0 aliphatic rings. The molecule has 0 fully saturated rings. The van der Waals surface area contributed by atoms with Gasteiger partial charge >= 0.3 is 0 Å². The summed E-state index contributed by atoms with van der Waals surface area (Å²) in [6, 6.07) is 33.0. The number of fused-ring (bicyclic) bond motifs is 1. The van der Waals surface area contributed by atoms with E-state index in [0.29, 0.717) is 5.71 Å². The molecule has 0 bridgehead atoms. The van der Waals surface area contributed by atoms with Crippen LogP contribution in [-0.2, 0) is 9.59 Å². The van der Waals surface area contributed by atoms with Crippen molar-refractivity contribution in [2.45, 2.75) is 19.8 Å². The van der Waals surface area contributed by atoms with Crippen molar-refractivity contribution in [3.05, 3.63) is 109 Å². The molecule has 4 rings (SSSR count). The first-order valence-electron chi connectivity index (χ1n) is 10.9. The van der Waals surface area contributed by atoms with Gasteiger partial charge in [0.1, 0.15) is 0 Å². The monoisotopic (exact) mass is 435 g/mol. The van der Waals surface area contributed by atoms with E-state index >= 15 is 0 Å². The van der Waals surface area contributed by atoms with E-state index in [1.807, 2.05) is 104 Å². The van der Waals surface area contributed by atoms with Crippen LogP contribution in [-0.4, -0.2) is 17.5 Å². The van der Waals surface area contributed by atoms with Gasteiger partial charge in [-0.25, -0.2) is 5.43 Å². The number of amides is 2. The van der Waals surface area contributed by atoms with Gasteiger partial charge in [-0.2, -0.15) is 5.10 Å². The summed E-state index contributed by atoms with van der Waals surface area (Å²) in [4.78, 5) is 27.1. The van der Waals surface area contributed by atoms with Crippen molar-refractivity contribution in [3.8, 4) is 0 Å². The zero-order valence-electron chi connectivity index (χ0n) is 18.4. The summed E-state index contributed by atoms with van der Waals surface area (Å²) in [7, 11) is 0. The second kappa shape index (κ2) is 10.4. The van der Waals surface area contributed by atoms with Crippen molar-refractivity contribution in [1.29, 1.82) is 0 Å². The summed E-state index contributed by atoms with van der Waals surface area (Å²) in [6.45, 7) is 1.85. The molecule has 2 amide bonds. The molecule has 4 aromatic carbocycles. The highest BCUT2D eigenvalue weighted by atomic mass is 16.2. The van der Waals surface area contributed by atoms with E-state index in [4.69, 9.17) is 0 Å². The maximum Gasteiger partial charge on any atom is 0.240 e. The van der Waals surface area contributed by atoms with E-state index in [0.717, 1.165) is 27.7 Å². The lowest BCUT2D eigenvalue weighted by Crippen LogP contribution is -2.28. The summed E-state index contributed by atoms with van der Waals surface area (Å²) in [6.07, 6.45) is 0.115. The molecule has 0 heterocycles. The molecule has 5 nitrogen and oxygen atoms in total. The molecule has 0 spiro atoms. The molecular weight excluding hydrogens is 410 g/mol. The van der Waals surface area contributed by atoms with Crippen LogP contribution in [0.4, 0.5) is 11.4 Å². The lowest BCUT2D eigenvalue weighted by Gasteiger charge is -2.23. The highest BCUT2D eigenvalue weighted by molar-refractivity contribution is 6.03. The van der Waals surface area contributed by atoms with Gasteiger partial charge in [0.25, 0.3) is 0 Å². The van der Waals surface area contributed by atoms with Crippen molar-refractivity contribution in [3.63, 3.8) is 0 Å². The summed E-state index contributed by atoms with van der Waals surface area (Å²) >= 11 is 0. The van der Waals surface area contributed by atoms with E-state index in [1.54, 1.807) is 4.90 Å². The number of carbonyl (C=O) groups excluding carboxylic acids is 2. The molecule has 0 aliphatic carbocycles. The fourth-order valence-electron chi connectivity index (χ4n) is 3.60. The third-order valence-corrected chi connectivity index (χ3v) is 5.36. The Morgan fingerprint density at radius 3 is 1.94 bits per heavy atom. The molecule has 164 valence electrons. The fraction of sp³-hybridized carbons (Fsp3) is 0.107. The van der Waals surface area contributed by atoms with Gasteiger partial charge in [-0.05, 0) is 53.6 Å². The van der Waals surface area contributed by atoms with Crippen LogP contribution in [0.3, 0.4) is 0 Å². The van der Waals surface area contributed by atoms with E-state index in [1.165, 1.54) is 0 Å². The molecule has 0 aliphatic heterocycles. The summed E-state index contributed by atoms with van der Waals surface area (Å²) in [5, 5.41) is 6.50. The van der Waals surface area contributed by atoms with E-state index in [9.17, 15) is 9.59 Å². The van der Waals surface area contributed by atoms with Gasteiger partial charge in [-0.3, -0.25) is 14.5 Å². The standard InChI is InChI=1S/C28H25N3O2/c1-21(23-17-16-22-10-8-9-11-24(22)20-23)29-30-27(32)18-19-28(33)31(25-12-4-2-5-13-25)26-14-6-3-7-15-26/h2-17,20H,18-19H2,1H3,(H,30,32)/b29-21-. The van der Waals surface area contributed by atoms with Crippen molar-refractivity contribution in [2.24, 2.45) is 5.10 Å². The normalized spacial score (nSPS) is 11.2. The Morgan fingerprint density at radius 2 is 1.30 bits per heavy atom. The number of hydrogen-bond acceptors (Lipinski definition) is 3. The van der Waals surface area contributed by atoms with Crippen LogP contribution >= 0.6 is 0 Å². The summed E-state index contributed by atoms with van der Waals surface area (Å²) in [5.74, 6) is -0.456. The van der Waals surface area contributed by atoms with Gasteiger partial charge in [0.2, 0.25) is 11.8 Å². The molecule has 0 atom stereocenters. The number of nitrogens with one attached hydrogen (secondary N) is 1. The smallest absolute Gasteiger partial charge is 0.240 e. The second-order valence-corrected chi connectivity index (χ2v) is 7.69.